The number of benzene rings is 3. The topological polar surface area (TPSA) is 148 Å². The van der Waals surface area contributed by atoms with Gasteiger partial charge >= 0.3 is 0 Å². The Morgan fingerprint density at radius 1 is 0.811 bits per heavy atom. The Morgan fingerprint density at radius 2 is 1.49 bits per heavy atom. The third-order valence-corrected chi connectivity index (χ3v) is 5.55. The van der Waals surface area contributed by atoms with Crippen molar-refractivity contribution in [1.29, 1.82) is 0 Å². The lowest BCUT2D eigenvalue weighted by Crippen LogP contribution is -2.16. The van der Waals surface area contributed by atoms with Gasteiger partial charge in [0.15, 0.2) is 0 Å². The second-order valence-corrected chi connectivity index (χ2v) is 8.27. The van der Waals surface area contributed by atoms with Crippen molar-refractivity contribution < 1.29 is 24.0 Å². The number of ether oxygens (including phenoxy) is 2. The van der Waals surface area contributed by atoms with Crippen molar-refractivity contribution in [2.75, 3.05) is 13.2 Å². The van der Waals surface area contributed by atoms with Crippen molar-refractivity contribution in [2.45, 2.75) is 25.7 Å². The van der Waals surface area contributed by atoms with Crippen LogP contribution in [0, 0.1) is 10.1 Å². The van der Waals surface area contributed by atoms with Gasteiger partial charge in [0, 0.05) is 23.3 Å². The summed E-state index contributed by atoms with van der Waals surface area (Å²) in [5, 5.41) is 10.9. The molecule has 0 aliphatic carbocycles. The van der Waals surface area contributed by atoms with Gasteiger partial charge in [-0.1, -0.05) is 30.3 Å². The Morgan fingerprint density at radius 3 is 2.11 bits per heavy atom. The van der Waals surface area contributed by atoms with Crippen LogP contribution in [-0.4, -0.2) is 30.0 Å². The standard InChI is InChI=1S/C28H29N3O6/c29-27(32)22-12-15-24(28(30)33)26(19-22)37-17-7-2-1-6-16-36-25(21-8-4-3-5-9-21)18-20-10-13-23(14-11-20)31(34)35/h3-5,8-15,18-19H,1-2,6-7,16-17H2,(H2,29,32)(H2,30,33). The normalized spacial score (nSPS) is 11.1. The van der Waals surface area contributed by atoms with E-state index in [1.807, 2.05) is 36.4 Å². The van der Waals surface area contributed by atoms with Gasteiger partial charge in [-0.05, 0) is 67.7 Å². The van der Waals surface area contributed by atoms with Crippen molar-refractivity contribution in [3.05, 3.63) is 105 Å². The van der Waals surface area contributed by atoms with Gasteiger partial charge in [0.05, 0.1) is 23.7 Å². The van der Waals surface area contributed by atoms with Crippen LogP contribution in [0.2, 0.25) is 0 Å². The molecule has 0 fully saturated rings. The molecule has 37 heavy (non-hydrogen) atoms. The lowest BCUT2D eigenvalue weighted by atomic mass is 10.1. The van der Waals surface area contributed by atoms with Gasteiger partial charge in [0.25, 0.3) is 11.6 Å². The van der Waals surface area contributed by atoms with Gasteiger partial charge in [-0.3, -0.25) is 19.7 Å². The second-order valence-electron chi connectivity index (χ2n) is 8.27. The van der Waals surface area contributed by atoms with Gasteiger partial charge in [-0.25, -0.2) is 0 Å². The van der Waals surface area contributed by atoms with E-state index in [4.69, 9.17) is 20.9 Å². The fourth-order valence-electron chi connectivity index (χ4n) is 3.57. The summed E-state index contributed by atoms with van der Waals surface area (Å²) in [5.74, 6) is -0.320. The number of nitro groups is 1. The SMILES string of the molecule is NC(=O)c1ccc(C(N)=O)c(OCCCCCCOC(=Cc2ccc([N+](=O)[O-])cc2)c2ccccc2)c1. The van der Waals surface area contributed by atoms with Crippen molar-refractivity contribution in [3.8, 4) is 5.75 Å². The minimum Gasteiger partial charge on any atom is -0.493 e. The molecule has 0 aromatic heterocycles. The first kappa shape index (κ1) is 26.9. The fraction of sp³-hybridized carbons (Fsp3) is 0.214. The number of amides is 2. The van der Waals surface area contributed by atoms with Crippen LogP contribution in [0.1, 0.15) is 57.5 Å². The Bertz CT molecular complexity index is 1260. The molecular weight excluding hydrogens is 474 g/mol. The summed E-state index contributed by atoms with van der Waals surface area (Å²) in [4.78, 5) is 33.5. The quantitative estimate of drug-likeness (QED) is 0.105. The summed E-state index contributed by atoms with van der Waals surface area (Å²) in [6.45, 7) is 0.861. The zero-order valence-electron chi connectivity index (χ0n) is 20.3. The van der Waals surface area contributed by atoms with Gasteiger partial charge in [0.2, 0.25) is 5.91 Å². The maximum atomic E-state index is 11.6. The van der Waals surface area contributed by atoms with E-state index in [9.17, 15) is 19.7 Å². The van der Waals surface area contributed by atoms with Gasteiger partial charge in [-0.2, -0.15) is 0 Å². The van der Waals surface area contributed by atoms with E-state index in [0.29, 0.717) is 19.0 Å². The summed E-state index contributed by atoms with van der Waals surface area (Å²) >= 11 is 0. The molecule has 9 nitrogen and oxygen atoms in total. The van der Waals surface area contributed by atoms with Crippen molar-refractivity contribution >= 4 is 29.3 Å². The number of nitrogens with zero attached hydrogens (tertiary/aromatic N) is 1. The van der Waals surface area contributed by atoms with Crippen molar-refractivity contribution in [1.82, 2.24) is 0 Å². The predicted octanol–water partition coefficient (Wildman–Crippen LogP) is 4.95. The van der Waals surface area contributed by atoms with Crippen LogP contribution in [0.15, 0.2) is 72.8 Å². The highest BCUT2D eigenvalue weighted by Crippen LogP contribution is 2.23. The molecule has 0 bridgehead atoms. The molecule has 0 saturated heterocycles. The molecule has 0 unspecified atom stereocenters. The number of non-ortho nitro benzene ring substituents is 1. The molecule has 0 aliphatic rings. The summed E-state index contributed by atoms with van der Waals surface area (Å²) in [6.07, 6.45) is 5.19. The number of nitro benzene ring substituents is 1. The minimum atomic E-state index is -0.640. The molecular formula is C28H29N3O6. The van der Waals surface area contributed by atoms with E-state index >= 15 is 0 Å². The number of hydrogen-bond donors (Lipinski definition) is 2. The van der Waals surface area contributed by atoms with Crippen LogP contribution in [0.3, 0.4) is 0 Å². The van der Waals surface area contributed by atoms with Crippen LogP contribution >= 0.6 is 0 Å². The molecule has 3 aromatic carbocycles. The Balaban J connectivity index is 1.48. The maximum absolute atomic E-state index is 11.6. The highest BCUT2D eigenvalue weighted by molar-refractivity contribution is 5.99. The number of nitrogens with two attached hydrogens (primary N) is 2. The van der Waals surface area contributed by atoms with Crippen molar-refractivity contribution in [3.63, 3.8) is 0 Å². The fourth-order valence-corrected chi connectivity index (χ4v) is 3.57. The molecule has 4 N–H and O–H groups in total. The van der Waals surface area contributed by atoms with E-state index in [-0.39, 0.29) is 22.6 Å². The van der Waals surface area contributed by atoms with Crippen LogP contribution in [-0.2, 0) is 4.74 Å². The van der Waals surface area contributed by atoms with E-state index in [2.05, 4.69) is 0 Å². The van der Waals surface area contributed by atoms with E-state index in [1.165, 1.54) is 30.3 Å². The molecule has 2 amide bonds. The summed E-state index contributed by atoms with van der Waals surface area (Å²) < 4.78 is 11.8. The van der Waals surface area contributed by atoms with Crippen LogP contribution < -0.4 is 16.2 Å². The number of hydrogen-bond acceptors (Lipinski definition) is 6. The maximum Gasteiger partial charge on any atom is 0.269 e. The lowest BCUT2D eigenvalue weighted by Gasteiger charge is -2.12. The average Bonchev–Trinajstić information content (AvgIpc) is 2.90. The predicted molar refractivity (Wildman–Crippen MR) is 141 cm³/mol. The molecule has 3 rings (SSSR count). The first-order valence-corrected chi connectivity index (χ1v) is 11.9. The molecule has 0 spiro atoms. The molecule has 0 heterocycles. The summed E-state index contributed by atoms with van der Waals surface area (Å²) in [5.41, 5.74) is 12.9. The first-order valence-electron chi connectivity index (χ1n) is 11.9. The monoisotopic (exact) mass is 503 g/mol. The van der Waals surface area contributed by atoms with E-state index in [1.54, 1.807) is 12.1 Å². The van der Waals surface area contributed by atoms with Crippen LogP contribution in [0.4, 0.5) is 5.69 Å². The first-order chi connectivity index (χ1) is 17.8. The number of unbranched alkanes of at least 4 members (excludes halogenated alkanes) is 3. The second kappa shape index (κ2) is 13.4. The Labute approximate surface area is 214 Å². The largest absolute Gasteiger partial charge is 0.493 e. The molecule has 0 saturated carbocycles. The smallest absolute Gasteiger partial charge is 0.269 e. The zero-order valence-corrected chi connectivity index (χ0v) is 20.3. The molecule has 3 aromatic rings. The number of primary amides is 2. The Hall–Kier alpha value is -4.66. The third kappa shape index (κ3) is 8.21. The zero-order chi connectivity index (χ0) is 26.6. The molecule has 0 aliphatic heterocycles. The summed E-state index contributed by atoms with van der Waals surface area (Å²) in [6, 6.07) is 20.3. The van der Waals surface area contributed by atoms with Crippen LogP contribution in [0.5, 0.6) is 5.75 Å². The molecule has 0 radical (unpaired) electrons. The molecule has 192 valence electrons. The minimum absolute atomic E-state index is 0.0368. The number of carbonyl (C=O) groups excluding carboxylic acids is 2. The van der Waals surface area contributed by atoms with E-state index < -0.39 is 16.7 Å². The highest BCUT2D eigenvalue weighted by atomic mass is 16.6. The Kier molecular flexibility index (Phi) is 9.78. The van der Waals surface area contributed by atoms with Crippen LogP contribution in [0.25, 0.3) is 11.8 Å². The summed E-state index contributed by atoms with van der Waals surface area (Å²) in [7, 11) is 0. The lowest BCUT2D eigenvalue weighted by molar-refractivity contribution is -0.384. The van der Waals surface area contributed by atoms with Crippen molar-refractivity contribution in [2.24, 2.45) is 11.5 Å². The van der Waals surface area contributed by atoms with Gasteiger partial charge in [-0.15, -0.1) is 0 Å². The number of carbonyl (C=O) groups is 2. The van der Waals surface area contributed by atoms with Gasteiger partial charge in [0.1, 0.15) is 11.5 Å². The third-order valence-electron chi connectivity index (χ3n) is 5.55. The van der Waals surface area contributed by atoms with E-state index in [0.717, 1.165) is 36.8 Å². The van der Waals surface area contributed by atoms with Gasteiger partial charge < -0.3 is 20.9 Å². The average molecular weight is 504 g/mol. The number of rotatable bonds is 14. The highest BCUT2D eigenvalue weighted by Gasteiger charge is 2.12. The molecule has 0 atom stereocenters. The molecule has 9 heteroatoms.